The Hall–Kier alpha value is -2.08. The Kier molecular flexibility index (Phi) is 2.74. The van der Waals surface area contributed by atoms with Crippen LogP contribution in [0.5, 0.6) is 5.75 Å². The fourth-order valence-electron chi connectivity index (χ4n) is 1.13. The topological polar surface area (TPSA) is 88.2 Å². The molecule has 2 rings (SSSR count). The van der Waals surface area contributed by atoms with E-state index in [-0.39, 0.29) is 17.4 Å². The number of thiazole rings is 1. The van der Waals surface area contributed by atoms with Gasteiger partial charge >= 0.3 is 0 Å². The van der Waals surface area contributed by atoms with Gasteiger partial charge in [-0.15, -0.1) is 11.3 Å². The Labute approximate surface area is 95.6 Å². The van der Waals surface area contributed by atoms with Crippen LogP contribution < -0.4 is 11.1 Å². The van der Waals surface area contributed by atoms with Crippen molar-refractivity contribution in [1.29, 1.82) is 0 Å². The molecular formula is C10H9N3O2S. The lowest BCUT2D eigenvalue weighted by Gasteiger charge is -2.02. The summed E-state index contributed by atoms with van der Waals surface area (Å²) >= 11 is 1.21. The number of nitrogens with one attached hydrogen (secondary N) is 1. The van der Waals surface area contributed by atoms with E-state index in [9.17, 15) is 4.79 Å². The van der Waals surface area contributed by atoms with Crippen LogP contribution in [0.15, 0.2) is 29.6 Å². The van der Waals surface area contributed by atoms with Crippen molar-refractivity contribution in [3.63, 3.8) is 0 Å². The van der Waals surface area contributed by atoms with Crippen molar-refractivity contribution in [3.05, 3.63) is 35.3 Å². The molecule has 2 aromatic rings. The van der Waals surface area contributed by atoms with Gasteiger partial charge in [-0.3, -0.25) is 4.79 Å². The average molecular weight is 235 g/mol. The number of rotatable bonds is 2. The molecule has 0 fully saturated rings. The van der Waals surface area contributed by atoms with Crippen molar-refractivity contribution < 1.29 is 9.90 Å². The van der Waals surface area contributed by atoms with Gasteiger partial charge in [0, 0.05) is 11.1 Å². The second kappa shape index (κ2) is 4.19. The zero-order chi connectivity index (χ0) is 11.5. The first kappa shape index (κ1) is 10.4. The molecule has 5 nitrogen and oxygen atoms in total. The second-order valence-electron chi connectivity index (χ2n) is 3.07. The monoisotopic (exact) mass is 235 g/mol. The quantitative estimate of drug-likeness (QED) is 0.691. The Morgan fingerprint density at radius 1 is 1.38 bits per heavy atom. The van der Waals surface area contributed by atoms with Crippen molar-refractivity contribution in [2.75, 3.05) is 11.1 Å². The molecule has 16 heavy (non-hydrogen) atoms. The summed E-state index contributed by atoms with van der Waals surface area (Å²) in [7, 11) is 0. The Bertz CT molecular complexity index is 507. The van der Waals surface area contributed by atoms with E-state index in [1.54, 1.807) is 17.5 Å². The summed E-state index contributed by atoms with van der Waals surface area (Å²) in [6.07, 6.45) is 0. The number of hydrogen-bond acceptors (Lipinski definition) is 5. The van der Waals surface area contributed by atoms with E-state index in [0.29, 0.717) is 10.8 Å². The van der Waals surface area contributed by atoms with E-state index in [1.165, 1.54) is 23.5 Å². The number of phenolic OH excluding ortho intramolecular Hbond substituents is 1. The van der Waals surface area contributed by atoms with Crippen molar-refractivity contribution in [1.82, 2.24) is 4.98 Å². The van der Waals surface area contributed by atoms with E-state index in [2.05, 4.69) is 10.3 Å². The molecule has 1 aromatic carbocycles. The summed E-state index contributed by atoms with van der Waals surface area (Å²) in [6, 6.07) is 6.18. The van der Waals surface area contributed by atoms with Crippen LogP contribution in [0.4, 0.5) is 10.8 Å². The summed E-state index contributed by atoms with van der Waals surface area (Å²) in [5.74, 6) is -0.172. The molecule has 0 saturated heterocycles. The van der Waals surface area contributed by atoms with Gasteiger partial charge in [0.2, 0.25) is 0 Å². The molecule has 1 amide bonds. The number of amides is 1. The number of hydrogen-bond donors (Lipinski definition) is 3. The summed E-state index contributed by atoms with van der Waals surface area (Å²) in [5.41, 5.74) is 6.30. The maximum Gasteiger partial charge on any atom is 0.275 e. The number of anilines is 2. The summed E-state index contributed by atoms with van der Waals surface area (Å²) in [4.78, 5) is 15.5. The SMILES string of the molecule is Nc1nc(C(=O)Nc2ccc(O)cc2)cs1. The third-order valence-electron chi connectivity index (χ3n) is 1.88. The van der Waals surface area contributed by atoms with E-state index < -0.39 is 0 Å². The number of aromatic nitrogens is 1. The largest absolute Gasteiger partial charge is 0.508 e. The van der Waals surface area contributed by atoms with E-state index >= 15 is 0 Å². The van der Waals surface area contributed by atoms with Gasteiger partial charge in [-0.2, -0.15) is 0 Å². The van der Waals surface area contributed by atoms with Crippen molar-refractivity contribution >= 4 is 28.1 Å². The molecule has 0 spiro atoms. The highest BCUT2D eigenvalue weighted by Gasteiger charge is 2.09. The molecule has 1 heterocycles. The summed E-state index contributed by atoms with van der Waals surface area (Å²) < 4.78 is 0. The van der Waals surface area contributed by atoms with Gasteiger partial charge in [-0.05, 0) is 24.3 Å². The Morgan fingerprint density at radius 2 is 2.06 bits per heavy atom. The predicted octanol–water partition coefficient (Wildman–Crippen LogP) is 1.68. The molecule has 6 heteroatoms. The lowest BCUT2D eigenvalue weighted by molar-refractivity contribution is 0.102. The van der Waals surface area contributed by atoms with Gasteiger partial charge in [0.25, 0.3) is 5.91 Å². The number of nitrogens with two attached hydrogens (primary N) is 1. The fourth-order valence-corrected chi connectivity index (χ4v) is 1.67. The van der Waals surface area contributed by atoms with Crippen molar-refractivity contribution in [2.24, 2.45) is 0 Å². The van der Waals surface area contributed by atoms with Gasteiger partial charge in [0.1, 0.15) is 11.4 Å². The number of aromatic hydroxyl groups is 1. The lowest BCUT2D eigenvalue weighted by Crippen LogP contribution is -2.12. The molecule has 0 unspecified atom stereocenters. The number of carbonyl (C=O) groups is 1. The summed E-state index contributed by atoms with van der Waals surface area (Å²) in [5, 5.41) is 13.7. The molecule has 0 radical (unpaired) electrons. The Balaban J connectivity index is 2.10. The van der Waals surface area contributed by atoms with Gasteiger partial charge in [0.15, 0.2) is 5.13 Å². The predicted molar refractivity (Wildman–Crippen MR) is 62.6 cm³/mol. The molecule has 4 N–H and O–H groups in total. The van der Waals surface area contributed by atoms with Crippen LogP contribution >= 0.6 is 11.3 Å². The molecule has 0 aliphatic heterocycles. The second-order valence-corrected chi connectivity index (χ2v) is 3.96. The minimum Gasteiger partial charge on any atom is -0.508 e. The lowest BCUT2D eigenvalue weighted by atomic mass is 10.3. The van der Waals surface area contributed by atoms with E-state index in [0.717, 1.165) is 0 Å². The third-order valence-corrected chi connectivity index (χ3v) is 2.55. The zero-order valence-corrected chi connectivity index (χ0v) is 8.99. The molecule has 1 aromatic heterocycles. The smallest absolute Gasteiger partial charge is 0.275 e. The van der Waals surface area contributed by atoms with Crippen LogP contribution in [0.1, 0.15) is 10.5 Å². The molecule has 0 bridgehead atoms. The van der Waals surface area contributed by atoms with Crippen LogP contribution in [0.2, 0.25) is 0 Å². The molecule has 82 valence electrons. The first-order valence-corrected chi connectivity index (χ1v) is 5.34. The first-order chi connectivity index (χ1) is 7.65. The van der Waals surface area contributed by atoms with Gasteiger partial charge in [-0.25, -0.2) is 4.98 Å². The molecule has 0 atom stereocenters. The molecule has 0 saturated carbocycles. The number of phenols is 1. The van der Waals surface area contributed by atoms with Gasteiger partial charge < -0.3 is 16.2 Å². The minimum absolute atomic E-state index is 0.149. The highest BCUT2D eigenvalue weighted by atomic mass is 32.1. The van der Waals surface area contributed by atoms with Gasteiger partial charge in [0.05, 0.1) is 0 Å². The van der Waals surface area contributed by atoms with E-state index in [1.807, 2.05) is 0 Å². The van der Waals surface area contributed by atoms with Crippen LogP contribution in [0.25, 0.3) is 0 Å². The number of nitrogens with zero attached hydrogens (tertiary/aromatic N) is 1. The standard InChI is InChI=1S/C10H9N3O2S/c11-10-13-8(5-16-10)9(15)12-6-1-3-7(14)4-2-6/h1-5,14H,(H2,11,13)(H,12,15). The minimum atomic E-state index is -0.321. The number of nitrogen functional groups attached to an aromatic ring is 1. The molecular weight excluding hydrogens is 226 g/mol. The Morgan fingerprint density at radius 3 is 2.62 bits per heavy atom. The van der Waals surface area contributed by atoms with Crippen LogP contribution in [-0.2, 0) is 0 Å². The molecule has 0 aliphatic carbocycles. The summed E-state index contributed by atoms with van der Waals surface area (Å²) in [6.45, 7) is 0. The van der Waals surface area contributed by atoms with Crippen molar-refractivity contribution in [2.45, 2.75) is 0 Å². The van der Waals surface area contributed by atoms with Crippen LogP contribution in [-0.4, -0.2) is 16.0 Å². The average Bonchev–Trinajstić information content (AvgIpc) is 2.68. The maximum absolute atomic E-state index is 11.6. The highest BCUT2D eigenvalue weighted by Crippen LogP contribution is 2.16. The van der Waals surface area contributed by atoms with E-state index in [4.69, 9.17) is 10.8 Å². The highest BCUT2D eigenvalue weighted by molar-refractivity contribution is 7.13. The van der Waals surface area contributed by atoms with Crippen LogP contribution in [0, 0.1) is 0 Å². The fraction of sp³-hybridized carbons (Fsp3) is 0. The first-order valence-electron chi connectivity index (χ1n) is 4.46. The van der Waals surface area contributed by atoms with Crippen LogP contribution in [0.3, 0.4) is 0 Å². The maximum atomic E-state index is 11.6. The third kappa shape index (κ3) is 2.29. The number of benzene rings is 1. The molecule has 0 aliphatic rings. The number of carbonyl (C=O) groups excluding carboxylic acids is 1. The van der Waals surface area contributed by atoms with Gasteiger partial charge in [-0.1, -0.05) is 0 Å². The zero-order valence-electron chi connectivity index (χ0n) is 8.18. The van der Waals surface area contributed by atoms with Crippen molar-refractivity contribution in [3.8, 4) is 5.75 Å². The normalized spacial score (nSPS) is 10.0.